The van der Waals surface area contributed by atoms with E-state index in [9.17, 15) is 9.90 Å². The van der Waals surface area contributed by atoms with Crippen molar-refractivity contribution in [3.05, 3.63) is 78.2 Å². The van der Waals surface area contributed by atoms with Crippen LogP contribution in [0.5, 0.6) is 0 Å². The van der Waals surface area contributed by atoms with Crippen LogP contribution in [-0.2, 0) is 16.1 Å². The molecule has 1 aliphatic heterocycles. The van der Waals surface area contributed by atoms with Crippen molar-refractivity contribution in [1.29, 1.82) is 0 Å². The summed E-state index contributed by atoms with van der Waals surface area (Å²) >= 11 is 0. The highest BCUT2D eigenvalue weighted by Crippen LogP contribution is 2.40. The molecule has 0 spiro atoms. The summed E-state index contributed by atoms with van der Waals surface area (Å²) in [5.41, 5.74) is 1.67. The fraction of sp³-hybridized carbons (Fsp3) is 0.448. The monoisotopic (exact) mass is 490 g/mol. The van der Waals surface area contributed by atoms with E-state index in [0.29, 0.717) is 19.5 Å². The lowest BCUT2D eigenvalue weighted by molar-refractivity contribution is -0.145. The Kier molecular flexibility index (Phi) is 7.93. The SMILES string of the molecule is COCC(=O)N(CC1(O)CCNC1)[C@@H](c1nc(-c2ccccc2)cn1Cc1ccccc1)C(C)(C)C. The second kappa shape index (κ2) is 10.9. The number of amides is 1. The highest BCUT2D eigenvalue weighted by molar-refractivity contribution is 5.78. The van der Waals surface area contributed by atoms with Crippen molar-refractivity contribution < 1.29 is 14.6 Å². The molecule has 0 bridgehead atoms. The summed E-state index contributed by atoms with van der Waals surface area (Å²) in [7, 11) is 1.53. The zero-order valence-electron chi connectivity index (χ0n) is 21.8. The van der Waals surface area contributed by atoms with Crippen molar-refractivity contribution in [2.24, 2.45) is 5.41 Å². The van der Waals surface area contributed by atoms with Gasteiger partial charge in [0.15, 0.2) is 0 Å². The first kappa shape index (κ1) is 26.1. The first-order valence-corrected chi connectivity index (χ1v) is 12.6. The molecule has 1 amide bonds. The smallest absolute Gasteiger partial charge is 0.249 e. The number of β-amino-alcohol motifs (C(OH)–C–C–N with tert-alkyl or cyclic N) is 1. The van der Waals surface area contributed by atoms with E-state index in [4.69, 9.17) is 9.72 Å². The number of hydrogen-bond donors (Lipinski definition) is 2. The molecule has 2 heterocycles. The van der Waals surface area contributed by atoms with Gasteiger partial charge >= 0.3 is 0 Å². The van der Waals surface area contributed by atoms with E-state index in [1.807, 2.05) is 48.5 Å². The minimum absolute atomic E-state index is 0.0545. The second-order valence-corrected chi connectivity index (χ2v) is 10.8. The third-order valence-corrected chi connectivity index (χ3v) is 6.72. The van der Waals surface area contributed by atoms with Gasteiger partial charge in [0.05, 0.1) is 23.9 Å². The summed E-state index contributed by atoms with van der Waals surface area (Å²) in [4.78, 5) is 20.4. The molecular weight excluding hydrogens is 452 g/mol. The van der Waals surface area contributed by atoms with E-state index in [2.05, 4.69) is 49.0 Å². The van der Waals surface area contributed by atoms with E-state index in [-0.39, 0.29) is 30.5 Å². The lowest BCUT2D eigenvalue weighted by Gasteiger charge is -2.42. The van der Waals surface area contributed by atoms with Gasteiger partial charge in [-0.3, -0.25) is 4.79 Å². The molecule has 2 atom stereocenters. The van der Waals surface area contributed by atoms with E-state index < -0.39 is 5.60 Å². The number of rotatable bonds is 9. The normalized spacial score (nSPS) is 18.8. The average Bonchev–Trinajstić information content (AvgIpc) is 3.46. The molecule has 7 nitrogen and oxygen atoms in total. The topological polar surface area (TPSA) is 79.6 Å². The molecule has 1 fully saturated rings. The third kappa shape index (κ3) is 6.03. The molecule has 1 unspecified atom stereocenters. The van der Waals surface area contributed by atoms with E-state index >= 15 is 0 Å². The third-order valence-electron chi connectivity index (χ3n) is 6.72. The van der Waals surface area contributed by atoms with Crippen molar-refractivity contribution in [1.82, 2.24) is 19.8 Å². The number of nitrogens with zero attached hydrogens (tertiary/aromatic N) is 3. The summed E-state index contributed by atoms with van der Waals surface area (Å²) in [5.74, 6) is 0.637. The summed E-state index contributed by atoms with van der Waals surface area (Å²) in [6.07, 6.45) is 2.66. The van der Waals surface area contributed by atoms with Crippen molar-refractivity contribution in [3.8, 4) is 11.3 Å². The van der Waals surface area contributed by atoms with Gasteiger partial charge in [0.25, 0.3) is 0 Å². The number of carbonyl (C=O) groups is 1. The minimum atomic E-state index is -0.994. The van der Waals surface area contributed by atoms with Gasteiger partial charge in [0.2, 0.25) is 5.91 Å². The molecule has 0 aliphatic carbocycles. The molecule has 2 aromatic carbocycles. The van der Waals surface area contributed by atoms with E-state index in [1.54, 1.807) is 4.90 Å². The van der Waals surface area contributed by atoms with Crippen LogP contribution in [0, 0.1) is 5.41 Å². The van der Waals surface area contributed by atoms with Crippen LogP contribution in [0.3, 0.4) is 0 Å². The Morgan fingerprint density at radius 2 is 1.83 bits per heavy atom. The van der Waals surface area contributed by atoms with Crippen LogP contribution in [0.2, 0.25) is 0 Å². The summed E-state index contributed by atoms with van der Waals surface area (Å²) in [6, 6.07) is 20.0. The Bertz CT molecular complexity index is 1130. The Morgan fingerprint density at radius 1 is 1.17 bits per heavy atom. The number of methoxy groups -OCH3 is 1. The fourth-order valence-electron chi connectivity index (χ4n) is 5.01. The lowest BCUT2D eigenvalue weighted by Crippen LogP contribution is -2.52. The van der Waals surface area contributed by atoms with Crippen LogP contribution in [0.4, 0.5) is 0 Å². The predicted octanol–water partition coefficient (Wildman–Crippen LogP) is 3.89. The Labute approximate surface area is 214 Å². The van der Waals surface area contributed by atoms with Crippen LogP contribution in [-0.4, -0.2) is 64.4 Å². The predicted molar refractivity (Wildman–Crippen MR) is 141 cm³/mol. The molecular formula is C29H38N4O3. The van der Waals surface area contributed by atoms with Gasteiger partial charge in [0, 0.05) is 32.0 Å². The molecule has 0 radical (unpaired) electrons. The number of ether oxygens (including phenoxy) is 1. The maximum Gasteiger partial charge on any atom is 0.249 e. The number of aliphatic hydroxyl groups is 1. The van der Waals surface area contributed by atoms with Gasteiger partial charge < -0.3 is 24.6 Å². The quantitative estimate of drug-likeness (QED) is 0.476. The number of carbonyl (C=O) groups excluding carboxylic acids is 1. The molecule has 192 valence electrons. The fourth-order valence-corrected chi connectivity index (χ4v) is 5.01. The Balaban J connectivity index is 1.84. The minimum Gasteiger partial charge on any atom is -0.387 e. The van der Waals surface area contributed by atoms with Crippen LogP contribution < -0.4 is 5.32 Å². The molecule has 1 aromatic heterocycles. The van der Waals surface area contributed by atoms with Gasteiger partial charge in [-0.05, 0) is 23.9 Å². The van der Waals surface area contributed by atoms with Crippen LogP contribution in [0.1, 0.15) is 44.6 Å². The number of nitrogens with one attached hydrogen (secondary N) is 1. The van der Waals surface area contributed by atoms with Crippen molar-refractivity contribution in [2.75, 3.05) is 33.4 Å². The van der Waals surface area contributed by atoms with Gasteiger partial charge in [-0.1, -0.05) is 81.4 Å². The molecule has 7 heteroatoms. The molecule has 4 rings (SSSR count). The first-order valence-electron chi connectivity index (χ1n) is 12.6. The maximum absolute atomic E-state index is 13.5. The van der Waals surface area contributed by atoms with Gasteiger partial charge in [-0.2, -0.15) is 0 Å². The highest BCUT2D eigenvalue weighted by atomic mass is 16.5. The number of aromatic nitrogens is 2. The number of hydrogen-bond acceptors (Lipinski definition) is 5. The molecule has 1 saturated heterocycles. The molecule has 0 saturated carbocycles. The Morgan fingerprint density at radius 3 is 2.42 bits per heavy atom. The molecule has 2 N–H and O–H groups in total. The zero-order chi connectivity index (χ0) is 25.8. The van der Waals surface area contributed by atoms with Crippen LogP contribution >= 0.6 is 0 Å². The number of imidazole rings is 1. The van der Waals surface area contributed by atoms with E-state index in [1.165, 1.54) is 7.11 Å². The highest BCUT2D eigenvalue weighted by Gasteiger charge is 2.43. The maximum atomic E-state index is 13.5. The summed E-state index contributed by atoms with van der Waals surface area (Å²) < 4.78 is 7.42. The second-order valence-electron chi connectivity index (χ2n) is 10.8. The van der Waals surface area contributed by atoms with Gasteiger partial charge in [-0.25, -0.2) is 4.98 Å². The number of benzene rings is 2. The van der Waals surface area contributed by atoms with Gasteiger partial charge in [-0.15, -0.1) is 0 Å². The Hall–Kier alpha value is -3.00. The van der Waals surface area contributed by atoms with Crippen molar-refractivity contribution in [3.63, 3.8) is 0 Å². The summed E-state index contributed by atoms with van der Waals surface area (Å²) in [6.45, 7) is 8.31. The average molecular weight is 491 g/mol. The van der Waals surface area contributed by atoms with Crippen molar-refractivity contribution >= 4 is 5.91 Å². The van der Waals surface area contributed by atoms with Crippen LogP contribution in [0.25, 0.3) is 11.3 Å². The molecule has 36 heavy (non-hydrogen) atoms. The zero-order valence-corrected chi connectivity index (χ0v) is 21.8. The van der Waals surface area contributed by atoms with Gasteiger partial charge in [0.1, 0.15) is 12.4 Å². The molecule has 1 aliphatic rings. The first-order chi connectivity index (χ1) is 17.2. The lowest BCUT2D eigenvalue weighted by atomic mass is 9.83. The summed E-state index contributed by atoms with van der Waals surface area (Å²) in [5, 5.41) is 14.5. The largest absolute Gasteiger partial charge is 0.387 e. The van der Waals surface area contributed by atoms with Crippen LogP contribution in [0.15, 0.2) is 66.9 Å². The van der Waals surface area contributed by atoms with Crippen molar-refractivity contribution in [2.45, 2.75) is 45.4 Å². The standard InChI is InChI=1S/C29H38N4O3/c1-28(2,3)26(33(25(34)19-36-4)21-29(35)15-16-30-20-29)27-31-24(23-13-9-6-10-14-23)18-32(27)17-22-11-7-5-8-12-22/h5-14,18,26,30,35H,15-17,19-21H2,1-4H3/t26-,29?/m0/s1. The van der Waals surface area contributed by atoms with E-state index in [0.717, 1.165) is 29.2 Å². The molecule has 3 aromatic rings.